The third-order valence-electron chi connectivity index (χ3n) is 5.61. The number of hydrogen-bond donors (Lipinski definition) is 0. The van der Waals surface area contributed by atoms with Gasteiger partial charge in [0.05, 0.1) is 4.90 Å². The number of benzene rings is 2. The van der Waals surface area contributed by atoms with Gasteiger partial charge in [-0.3, -0.25) is 4.79 Å². The second-order valence-electron chi connectivity index (χ2n) is 7.36. The number of rotatable bonds is 3. The fraction of sp³-hybridized carbons (Fsp3) is 0.381. The normalized spacial score (nSPS) is 18.7. The van der Waals surface area contributed by atoms with Crippen molar-refractivity contribution < 1.29 is 17.6 Å². The fourth-order valence-corrected chi connectivity index (χ4v) is 5.59. The lowest BCUT2D eigenvalue weighted by Crippen LogP contribution is -2.45. The van der Waals surface area contributed by atoms with Crippen LogP contribution >= 0.6 is 0 Å². The molecule has 2 aromatic rings. The molecule has 2 aliphatic rings. The molecule has 4 rings (SSSR count). The number of hydrogen-bond acceptors (Lipinski definition) is 3. The Morgan fingerprint density at radius 3 is 2.43 bits per heavy atom. The minimum Gasteiger partial charge on any atom is -0.312 e. The van der Waals surface area contributed by atoms with Gasteiger partial charge in [0.2, 0.25) is 15.9 Å². The summed E-state index contributed by atoms with van der Waals surface area (Å²) in [5.74, 6) is -0.477. The summed E-state index contributed by atoms with van der Waals surface area (Å²) in [6.45, 7) is 1.29. The van der Waals surface area contributed by atoms with Crippen LogP contribution in [0.3, 0.4) is 0 Å². The summed E-state index contributed by atoms with van der Waals surface area (Å²) in [6, 6.07) is 13.0. The van der Waals surface area contributed by atoms with Crippen LogP contribution in [-0.4, -0.2) is 38.3 Å². The number of amides is 1. The standard InChI is InChI=1S/C21H23FN2O3S/c22-18-8-9-20-17(15-18)5-4-12-24(20)21(25)16-10-13-23(14-11-16)28(26,27)19-6-2-1-3-7-19/h1-3,6-9,15-16H,4-5,10-14H2. The van der Waals surface area contributed by atoms with Crippen molar-refractivity contribution in [2.75, 3.05) is 24.5 Å². The van der Waals surface area contributed by atoms with Crippen LogP contribution in [-0.2, 0) is 21.2 Å². The summed E-state index contributed by atoms with van der Waals surface area (Å²) < 4.78 is 40.5. The number of anilines is 1. The monoisotopic (exact) mass is 402 g/mol. The molecule has 0 N–H and O–H groups in total. The molecule has 0 atom stereocenters. The van der Waals surface area contributed by atoms with E-state index in [1.807, 2.05) is 0 Å². The van der Waals surface area contributed by atoms with E-state index in [-0.39, 0.29) is 22.5 Å². The lowest BCUT2D eigenvalue weighted by Gasteiger charge is -2.36. The predicted molar refractivity (Wildman–Crippen MR) is 105 cm³/mol. The number of sulfonamides is 1. The number of aryl methyl sites for hydroxylation is 1. The topological polar surface area (TPSA) is 57.7 Å². The van der Waals surface area contributed by atoms with Gasteiger partial charge in [0.25, 0.3) is 0 Å². The van der Waals surface area contributed by atoms with Gasteiger partial charge in [0, 0.05) is 31.2 Å². The van der Waals surface area contributed by atoms with Crippen LogP contribution in [0.4, 0.5) is 10.1 Å². The third kappa shape index (κ3) is 3.56. The molecule has 1 fully saturated rings. The van der Waals surface area contributed by atoms with Gasteiger partial charge in [0.1, 0.15) is 5.82 Å². The maximum absolute atomic E-state index is 13.5. The molecule has 2 aliphatic heterocycles. The van der Waals surface area contributed by atoms with Crippen molar-refractivity contribution in [2.24, 2.45) is 5.92 Å². The first-order chi connectivity index (χ1) is 13.5. The van der Waals surface area contributed by atoms with Crippen molar-refractivity contribution in [1.82, 2.24) is 4.31 Å². The zero-order chi connectivity index (χ0) is 19.7. The summed E-state index contributed by atoms with van der Waals surface area (Å²) >= 11 is 0. The fourth-order valence-electron chi connectivity index (χ4n) is 4.10. The minimum absolute atomic E-state index is 0.0179. The van der Waals surface area contributed by atoms with Crippen LogP contribution < -0.4 is 4.90 Å². The van der Waals surface area contributed by atoms with Crippen LogP contribution in [0, 0.1) is 11.7 Å². The molecule has 0 aromatic heterocycles. The first-order valence-electron chi connectivity index (χ1n) is 9.62. The van der Waals surface area contributed by atoms with Crippen molar-refractivity contribution in [2.45, 2.75) is 30.6 Å². The van der Waals surface area contributed by atoms with Crippen molar-refractivity contribution in [3.8, 4) is 0 Å². The van der Waals surface area contributed by atoms with Gasteiger partial charge in [0.15, 0.2) is 0 Å². The second-order valence-corrected chi connectivity index (χ2v) is 9.30. The van der Waals surface area contributed by atoms with Crippen LogP contribution in [0.2, 0.25) is 0 Å². The Labute approximate surface area is 164 Å². The van der Waals surface area contributed by atoms with Gasteiger partial charge in [-0.25, -0.2) is 12.8 Å². The summed E-state index contributed by atoms with van der Waals surface area (Å²) in [6.07, 6.45) is 2.57. The van der Waals surface area contributed by atoms with E-state index >= 15 is 0 Å². The van der Waals surface area contributed by atoms with Gasteiger partial charge >= 0.3 is 0 Å². The van der Waals surface area contributed by atoms with Crippen molar-refractivity contribution >= 4 is 21.6 Å². The molecule has 0 aliphatic carbocycles. The number of carbonyl (C=O) groups is 1. The SMILES string of the molecule is O=C(C1CCN(S(=O)(=O)c2ccccc2)CC1)N1CCCc2cc(F)ccc21. The van der Waals surface area contributed by atoms with Crippen LogP contribution in [0.5, 0.6) is 0 Å². The zero-order valence-corrected chi connectivity index (χ0v) is 16.4. The maximum atomic E-state index is 13.5. The molecule has 0 unspecified atom stereocenters. The molecule has 148 valence electrons. The van der Waals surface area contributed by atoms with E-state index in [2.05, 4.69) is 0 Å². The Bertz CT molecular complexity index is 970. The molecular weight excluding hydrogens is 379 g/mol. The number of fused-ring (bicyclic) bond motifs is 1. The lowest BCUT2D eigenvalue weighted by atomic mass is 9.94. The molecule has 1 saturated heterocycles. The van der Waals surface area contributed by atoms with Gasteiger partial charge < -0.3 is 4.90 Å². The number of nitrogens with zero attached hydrogens (tertiary/aromatic N) is 2. The highest BCUT2D eigenvalue weighted by molar-refractivity contribution is 7.89. The van der Waals surface area contributed by atoms with Crippen molar-refractivity contribution in [3.63, 3.8) is 0 Å². The first-order valence-corrected chi connectivity index (χ1v) is 11.1. The summed E-state index contributed by atoms with van der Waals surface area (Å²) in [5, 5.41) is 0. The second kappa shape index (κ2) is 7.64. The quantitative estimate of drug-likeness (QED) is 0.792. The molecule has 28 heavy (non-hydrogen) atoms. The van der Waals surface area contributed by atoms with E-state index < -0.39 is 10.0 Å². The Hall–Kier alpha value is -2.25. The average Bonchev–Trinajstić information content (AvgIpc) is 2.73. The van der Waals surface area contributed by atoms with E-state index in [1.54, 1.807) is 41.3 Å². The third-order valence-corrected chi connectivity index (χ3v) is 7.52. The Morgan fingerprint density at radius 2 is 1.71 bits per heavy atom. The van der Waals surface area contributed by atoms with Crippen molar-refractivity contribution in [3.05, 3.63) is 59.9 Å². The Morgan fingerprint density at radius 1 is 1.00 bits per heavy atom. The number of piperidine rings is 1. The molecular formula is C21H23FN2O3S. The molecule has 0 saturated carbocycles. The summed E-state index contributed by atoms with van der Waals surface area (Å²) in [7, 11) is -3.52. The van der Waals surface area contributed by atoms with Crippen molar-refractivity contribution in [1.29, 1.82) is 0 Å². The zero-order valence-electron chi connectivity index (χ0n) is 15.6. The molecule has 0 spiro atoms. The van der Waals surface area contributed by atoms with E-state index in [0.717, 1.165) is 24.1 Å². The maximum Gasteiger partial charge on any atom is 0.243 e. The highest BCUT2D eigenvalue weighted by Gasteiger charge is 2.35. The lowest BCUT2D eigenvalue weighted by molar-refractivity contribution is -0.123. The van der Waals surface area contributed by atoms with E-state index in [9.17, 15) is 17.6 Å². The van der Waals surface area contributed by atoms with Crippen LogP contribution in [0.1, 0.15) is 24.8 Å². The largest absolute Gasteiger partial charge is 0.312 e. The minimum atomic E-state index is -3.52. The molecule has 2 aromatic carbocycles. The van der Waals surface area contributed by atoms with E-state index in [0.29, 0.717) is 32.5 Å². The first kappa shape index (κ1) is 19.1. The van der Waals surface area contributed by atoms with Gasteiger partial charge in [-0.15, -0.1) is 0 Å². The molecule has 7 heteroatoms. The highest BCUT2D eigenvalue weighted by Crippen LogP contribution is 2.32. The molecule has 0 bridgehead atoms. The smallest absolute Gasteiger partial charge is 0.243 e. The molecule has 5 nitrogen and oxygen atoms in total. The molecule has 1 amide bonds. The van der Waals surface area contributed by atoms with E-state index in [4.69, 9.17) is 0 Å². The molecule has 2 heterocycles. The summed E-state index contributed by atoms with van der Waals surface area (Å²) in [4.78, 5) is 15.1. The number of carbonyl (C=O) groups excluding carboxylic acids is 1. The van der Waals surface area contributed by atoms with Gasteiger partial charge in [-0.2, -0.15) is 4.31 Å². The van der Waals surface area contributed by atoms with Crippen LogP contribution in [0.25, 0.3) is 0 Å². The Kier molecular flexibility index (Phi) is 5.21. The predicted octanol–water partition coefficient (Wildman–Crippen LogP) is 3.21. The molecule has 0 radical (unpaired) electrons. The average molecular weight is 402 g/mol. The summed E-state index contributed by atoms with van der Waals surface area (Å²) in [5.41, 5.74) is 1.65. The van der Waals surface area contributed by atoms with Crippen LogP contribution in [0.15, 0.2) is 53.4 Å². The van der Waals surface area contributed by atoms with Gasteiger partial charge in [-0.1, -0.05) is 18.2 Å². The van der Waals surface area contributed by atoms with Gasteiger partial charge in [-0.05, 0) is 61.6 Å². The van der Waals surface area contributed by atoms with E-state index in [1.165, 1.54) is 16.4 Å². The Balaban J connectivity index is 1.46. The number of halogens is 1. The highest BCUT2D eigenvalue weighted by atomic mass is 32.2.